The molecule has 2 aliphatic rings. The molecule has 34 heavy (non-hydrogen) atoms. The van der Waals surface area contributed by atoms with Gasteiger partial charge in [-0.3, -0.25) is 14.7 Å². The van der Waals surface area contributed by atoms with Gasteiger partial charge in [-0.05, 0) is 49.9 Å². The number of nitrogens with zero attached hydrogens (tertiary/aromatic N) is 2. The van der Waals surface area contributed by atoms with Gasteiger partial charge in [0.25, 0.3) is 0 Å². The van der Waals surface area contributed by atoms with Crippen molar-refractivity contribution in [2.24, 2.45) is 11.3 Å². The fourth-order valence-electron chi connectivity index (χ4n) is 5.24. The molecule has 1 saturated carbocycles. The van der Waals surface area contributed by atoms with Gasteiger partial charge in [-0.2, -0.15) is 13.2 Å². The quantitative estimate of drug-likeness (QED) is 0.495. The van der Waals surface area contributed by atoms with Gasteiger partial charge in [-0.25, -0.2) is 0 Å². The molecule has 1 saturated heterocycles. The van der Waals surface area contributed by atoms with Gasteiger partial charge in [-0.15, -0.1) is 0 Å². The summed E-state index contributed by atoms with van der Waals surface area (Å²) in [6, 6.07) is 5.97. The van der Waals surface area contributed by atoms with Crippen LogP contribution in [0.15, 0.2) is 24.3 Å². The summed E-state index contributed by atoms with van der Waals surface area (Å²) in [5.74, 6) is -0.0764. The first-order chi connectivity index (χ1) is 15.9. The molecule has 0 bridgehead atoms. The number of benzene rings is 1. The lowest BCUT2D eigenvalue weighted by Crippen LogP contribution is -2.50. The van der Waals surface area contributed by atoms with Crippen molar-refractivity contribution >= 4 is 16.9 Å². The first kappa shape index (κ1) is 24.8. The zero-order valence-corrected chi connectivity index (χ0v) is 20.3. The Hall–Kier alpha value is -2.35. The molecule has 0 N–H and O–H groups in total. The largest absolute Gasteiger partial charge is 0.487 e. The lowest BCUT2D eigenvalue weighted by Gasteiger charge is -2.47. The number of hydrogen-bond donors (Lipinski definition) is 0. The summed E-state index contributed by atoms with van der Waals surface area (Å²) in [6.07, 6.45) is 0.514. The second-order valence-corrected chi connectivity index (χ2v) is 10.7. The molecule has 4 rings (SSSR count). The highest BCUT2D eigenvalue weighted by atomic mass is 19.4. The van der Waals surface area contributed by atoms with Crippen LogP contribution >= 0.6 is 0 Å². The first-order valence-corrected chi connectivity index (χ1v) is 11.9. The number of fused-ring (bicyclic) bond motifs is 1. The smallest absolute Gasteiger partial charge is 0.417 e. The number of alkyl halides is 3. The van der Waals surface area contributed by atoms with E-state index in [0.717, 1.165) is 38.2 Å². The van der Waals surface area contributed by atoms with E-state index in [9.17, 15) is 18.0 Å². The molecule has 0 atom stereocenters. The molecule has 1 aromatic carbocycles. The van der Waals surface area contributed by atoms with Crippen LogP contribution in [0.4, 0.5) is 13.2 Å². The molecule has 8 heteroatoms. The monoisotopic (exact) mass is 478 g/mol. The third kappa shape index (κ3) is 4.88. The molecule has 5 nitrogen and oxygen atoms in total. The molecular formula is C26H33F3N2O3. The predicted octanol–water partition coefficient (Wildman–Crippen LogP) is 5.99. The number of rotatable bonds is 5. The minimum atomic E-state index is -4.52. The standard InChI is InChI=1S/C26H33F3N2O3/c1-24(2,3)25(10-6-5-7-11-25)34-19-8-9-22-20(13-19)21(26(27,28)29)12-18(30-22)16-31-14-17(15-31)23(32)33-4/h8-9,12-13,17H,5-7,10-11,14-16H2,1-4H3. The molecule has 2 fully saturated rings. The van der Waals surface area contributed by atoms with Crippen LogP contribution in [0.5, 0.6) is 5.75 Å². The molecule has 2 heterocycles. The summed E-state index contributed by atoms with van der Waals surface area (Å²) in [7, 11) is 1.33. The molecule has 1 aromatic heterocycles. The summed E-state index contributed by atoms with van der Waals surface area (Å²) in [5.41, 5.74) is -0.642. The van der Waals surface area contributed by atoms with Crippen LogP contribution in [0.2, 0.25) is 0 Å². The maximum absolute atomic E-state index is 14.1. The molecule has 1 aliphatic carbocycles. The van der Waals surface area contributed by atoms with Gasteiger partial charge >= 0.3 is 12.1 Å². The predicted molar refractivity (Wildman–Crippen MR) is 123 cm³/mol. The third-order valence-electron chi connectivity index (χ3n) is 7.36. The van der Waals surface area contributed by atoms with Gasteiger partial charge in [-0.1, -0.05) is 27.2 Å². The fraction of sp³-hybridized carbons (Fsp3) is 0.615. The van der Waals surface area contributed by atoms with Crippen molar-refractivity contribution in [3.05, 3.63) is 35.5 Å². The van der Waals surface area contributed by atoms with Gasteiger partial charge in [0.1, 0.15) is 11.4 Å². The van der Waals surface area contributed by atoms with E-state index >= 15 is 0 Å². The Kier molecular flexibility index (Phi) is 6.57. The number of esters is 1. The average Bonchev–Trinajstić information content (AvgIpc) is 2.74. The first-order valence-electron chi connectivity index (χ1n) is 11.9. The third-order valence-corrected chi connectivity index (χ3v) is 7.36. The maximum Gasteiger partial charge on any atom is 0.417 e. The Morgan fingerprint density at radius 2 is 1.79 bits per heavy atom. The Labute approximate surface area is 198 Å². The molecule has 0 amide bonds. The van der Waals surface area contributed by atoms with E-state index in [0.29, 0.717) is 24.5 Å². The molecule has 0 unspecified atom stereocenters. The van der Waals surface area contributed by atoms with E-state index in [-0.39, 0.29) is 34.7 Å². The van der Waals surface area contributed by atoms with Gasteiger partial charge < -0.3 is 9.47 Å². The van der Waals surface area contributed by atoms with Crippen LogP contribution < -0.4 is 4.74 Å². The molecular weight excluding hydrogens is 445 g/mol. The molecule has 1 aliphatic heterocycles. The minimum absolute atomic E-state index is 0.0460. The van der Waals surface area contributed by atoms with Crippen molar-refractivity contribution in [3.8, 4) is 5.75 Å². The van der Waals surface area contributed by atoms with Crippen molar-refractivity contribution in [1.29, 1.82) is 0 Å². The van der Waals surface area contributed by atoms with Crippen molar-refractivity contribution in [2.45, 2.75) is 71.2 Å². The molecule has 2 aromatic rings. The summed E-state index contributed by atoms with van der Waals surface area (Å²) in [4.78, 5) is 18.0. The SMILES string of the molecule is COC(=O)C1CN(Cc2cc(C(F)(F)F)c3cc(OC4(C(C)(C)C)CCCCC4)ccc3n2)C1. The minimum Gasteiger partial charge on any atom is -0.487 e. The van der Waals surface area contributed by atoms with Crippen LogP contribution in [0.25, 0.3) is 10.9 Å². The zero-order valence-electron chi connectivity index (χ0n) is 20.3. The van der Waals surface area contributed by atoms with Gasteiger partial charge in [0.2, 0.25) is 0 Å². The summed E-state index contributed by atoms with van der Waals surface area (Å²) in [5, 5.41) is 0.0460. The molecule has 186 valence electrons. The van der Waals surface area contributed by atoms with Crippen LogP contribution in [0, 0.1) is 11.3 Å². The second-order valence-electron chi connectivity index (χ2n) is 10.7. The number of likely N-dealkylation sites (tertiary alicyclic amines) is 1. The summed E-state index contributed by atoms with van der Waals surface area (Å²) < 4.78 is 53.4. The highest BCUT2D eigenvalue weighted by Crippen LogP contribution is 2.46. The Balaban J connectivity index is 1.63. The second kappa shape index (κ2) is 9.02. The number of ether oxygens (including phenoxy) is 2. The number of hydrogen-bond acceptors (Lipinski definition) is 5. The number of aromatic nitrogens is 1. The van der Waals surface area contributed by atoms with Crippen LogP contribution in [0.1, 0.15) is 64.1 Å². The Bertz CT molecular complexity index is 1050. The fourth-order valence-corrected chi connectivity index (χ4v) is 5.24. The maximum atomic E-state index is 14.1. The van der Waals surface area contributed by atoms with E-state index in [1.807, 2.05) is 4.90 Å². The van der Waals surface area contributed by atoms with Gasteiger partial charge in [0.15, 0.2) is 0 Å². The highest BCUT2D eigenvalue weighted by molar-refractivity contribution is 5.84. The van der Waals surface area contributed by atoms with Crippen molar-refractivity contribution in [2.75, 3.05) is 20.2 Å². The lowest BCUT2D eigenvalue weighted by molar-refractivity contribution is -0.151. The van der Waals surface area contributed by atoms with E-state index in [4.69, 9.17) is 9.47 Å². The van der Waals surface area contributed by atoms with Gasteiger partial charge in [0.05, 0.1) is 29.8 Å². The van der Waals surface area contributed by atoms with Crippen LogP contribution in [-0.2, 0) is 22.3 Å². The number of carbonyl (C=O) groups excluding carboxylic acids is 1. The van der Waals surface area contributed by atoms with Crippen LogP contribution in [-0.4, -0.2) is 41.7 Å². The Morgan fingerprint density at radius 1 is 1.12 bits per heavy atom. The van der Waals surface area contributed by atoms with Crippen molar-refractivity contribution in [1.82, 2.24) is 9.88 Å². The molecule has 0 radical (unpaired) electrons. The number of carbonyl (C=O) groups is 1. The highest BCUT2D eigenvalue weighted by Gasteiger charge is 2.45. The zero-order chi connectivity index (χ0) is 24.7. The van der Waals surface area contributed by atoms with Crippen LogP contribution in [0.3, 0.4) is 0 Å². The van der Waals surface area contributed by atoms with Crippen molar-refractivity contribution < 1.29 is 27.4 Å². The number of pyridine rings is 1. The average molecular weight is 479 g/mol. The number of halogens is 3. The van der Waals surface area contributed by atoms with E-state index in [1.165, 1.54) is 13.2 Å². The molecule has 0 spiro atoms. The van der Waals surface area contributed by atoms with E-state index < -0.39 is 17.3 Å². The topological polar surface area (TPSA) is 51.7 Å². The normalized spacial score (nSPS) is 19.6. The van der Waals surface area contributed by atoms with E-state index in [1.54, 1.807) is 12.1 Å². The van der Waals surface area contributed by atoms with Crippen molar-refractivity contribution in [3.63, 3.8) is 0 Å². The van der Waals surface area contributed by atoms with Gasteiger partial charge in [0, 0.05) is 30.4 Å². The van der Waals surface area contributed by atoms with E-state index in [2.05, 4.69) is 25.8 Å². The summed E-state index contributed by atoms with van der Waals surface area (Å²) >= 11 is 0. The Morgan fingerprint density at radius 3 is 2.38 bits per heavy atom. The lowest BCUT2D eigenvalue weighted by atomic mass is 9.68. The number of methoxy groups -OCH3 is 1. The summed E-state index contributed by atoms with van der Waals surface area (Å²) in [6.45, 7) is 7.56.